The molecule has 0 aromatic carbocycles. The molecule has 0 saturated heterocycles. The molecule has 0 unspecified atom stereocenters. The summed E-state index contributed by atoms with van der Waals surface area (Å²) < 4.78 is 10.7. The van der Waals surface area contributed by atoms with Gasteiger partial charge in [-0.2, -0.15) is 0 Å². The predicted octanol–water partition coefficient (Wildman–Crippen LogP) is 1.49. The molecule has 0 atom stereocenters. The summed E-state index contributed by atoms with van der Waals surface area (Å²) in [5, 5.41) is 7.92. The fourth-order valence-electron chi connectivity index (χ4n) is 5.12. The first-order valence-electron chi connectivity index (χ1n) is 12.1. The molecule has 2 amide bonds. The lowest BCUT2D eigenvalue weighted by Gasteiger charge is -2.22. The number of carbonyl (C=O) groups excluding carboxylic acids is 2. The van der Waals surface area contributed by atoms with Crippen LogP contribution in [-0.2, 0) is 16.0 Å². The number of allylic oxidation sites excluding steroid dienone is 1. The smallest absolute Gasteiger partial charge is 0.254 e. The Morgan fingerprint density at radius 2 is 2.17 bits per heavy atom. The highest BCUT2D eigenvalue weighted by molar-refractivity contribution is 6.09. The number of carbonyl (C=O) groups is 2. The van der Waals surface area contributed by atoms with Crippen molar-refractivity contribution in [3.63, 3.8) is 0 Å². The topological polar surface area (TPSA) is 118 Å². The molecule has 1 saturated carbocycles. The van der Waals surface area contributed by atoms with Crippen LogP contribution >= 0.6 is 0 Å². The van der Waals surface area contributed by atoms with Crippen molar-refractivity contribution in [1.82, 2.24) is 15.3 Å². The van der Waals surface area contributed by atoms with E-state index in [1.54, 1.807) is 13.3 Å². The van der Waals surface area contributed by atoms with E-state index in [0.717, 1.165) is 64.4 Å². The highest BCUT2D eigenvalue weighted by Gasteiger charge is 2.45. The molecule has 4 aliphatic rings. The van der Waals surface area contributed by atoms with Crippen molar-refractivity contribution in [1.29, 1.82) is 0 Å². The Morgan fingerprint density at radius 1 is 1.31 bits per heavy atom. The van der Waals surface area contributed by atoms with E-state index in [9.17, 15) is 9.59 Å². The molecule has 0 radical (unpaired) electrons. The van der Waals surface area contributed by atoms with Crippen molar-refractivity contribution >= 4 is 34.9 Å². The summed E-state index contributed by atoms with van der Waals surface area (Å²) in [6.07, 6.45) is 11.2. The average molecular weight is 486 g/mol. The molecule has 36 heavy (non-hydrogen) atoms. The number of methoxy groups -OCH3 is 1. The second-order valence-corrected chi connectivity index (χ2v) is 9.52. The van der Waals surface area contributed by atoms with Crippen LogP contribution in [0.1, 0.15) is 47.2 Å². The van der Waals surface area contributed by atoms with Crippen molar-refractivity contribution in [2.75, 3.05) is 25.6 Å². The highest BCUT2D eigenvalue weighted by atomic mass is 16.5. The van der Waals surface area contributed by atoms with Crippen LogP contribution in [0.4, 0.5) is 5.69 Å². The minimum absolute atomic E-state index is 0.0242. The van der Waals surface area contributed by atoms with E-state index in [0.29, 0.717) is 31.2 Å². The molecule has 2 aromatic rings. The Bertz CT molecular complexity index is 1490. The van der Waals surface area contributed by atoms with Crippen molar-refractivity contribution in [3.05, 3.63) is 64.1 Å². The Morgan fingerprint density at radius 3 is 2.94 bits per heavy atom. The van der Waals surface area contributed by atoms with Gasteiger partial charge >= 0.3 is 0 Å². The molecule has 2 aromatic heterocycles. The van der Waals surface area contributed by atoms with Crippen LogP contribution in [0.5, 0.6) is 5.88 Å². The van der Waals surface area contributed by atoms with Crippen LogP contribution < -0.4 is 26.1 Å². The number of pyridine rings is 1. The van der Waals surface area contributed by atoms with E-state index in [-0.39, 0.29) is 17.4 Å². The summed E-state index contributed by atoms with van der Waals surface area (Å²) in [4.78, 5) is 37.7. The van der Waals surface area contributed by atoms with Crippen molar-refractivity contribution in [2.45, 2.75) is 37.6 Å². The van der Waals surface area contributed by atoms with Gasteiger partial charge in [0, 0.05) is 42.2 Å². The molecular weight excluding hydrogens is 458 g/mol. The number of hydrogen-bond donors (Lipinski definition) is 3. The monoisotopic (exact) mass is 485 g/mol. The maximum absolute atomic E-state index is 12.9. The SMILES string of the molecule is C=CC(=O)Nc1cc(C2=NC=C3CCc4c5c([nH]c4=C3C2)=CC2(CC2)NC5=O)cnc1OCCOC. The summed E-state index contributed by atoms with van der Waals surface area (Å²) in [6, 6.07) is 1.82. The largest absolute Gasteiger partial charge is 0.474 e. The van der Waals surface area contributed by atoms with Gasteiger partial charge in [-0.1, -0.05) is 6.58 Å². The highest BCUT2D eigenvalue weighted by Crippen LogP contribution is 2.39. The van der Waals surface area contributed by atoms with E-state index in [1.807, 2.05) is 12.3 Å². The van der Waals surface area contributed by atoms with Crippen LogP contribution in [0, 0.1) is 0 Å². The zero-order valence-corrected chi connectivity index (χ0v) is 20.1. The molecule has 4 heterocycles. The third kappa shape index (κ3) is 3.85. The third-order valence-electron chi connectivity index (χ3n) is 7.14. The third-order valence-corrected chi connectivity index (χ3v) is 7.14. The van der Waals surface area contributed by atoms with Crippen LogP contribution in [0.15, 0.2) is 41.7 Å². The van der Waals surface area contributed by atoms with E-state index in [4.69, 9.17) is 14.5 Å². The van der Waals surface area contributed by atoms with E-state index in [2.05, 4.69) is 33.3 Å². The zero-order valence-electron chi connectivity index (χ0n) is 20.1. The molecule has 9 nitrogen and oxygen atoms in total. The number of ether oxygens (including phenoxy) is 2. The summed E-state index contributed by atoms with van der Waals surface area (Å²) in [5.74, 6) is -0.0283. The molecule has 2 aliphatic heterocycles. The first kappa shape index (κ1) is 22.5. The van der Waals surface area contributed by atoms with Crippen LogP contribution in [0.2, 0.25) is 0 Å². The van der Waals surface area contributed by atoms with Gasteiger partial charge in [0.25, 0.3) is 5.91 Å². The van der Waals surface area contributed by atoms with Gasteiger partial charge in [0.2, 0.25) is 11.8 Å². The van der Waals surface area contributed by atoms with Gasteiger partial charge in [0.15, 0.2) is 0 Å². The number of fused-ring (bicyclic) bond motifs is 4. The molecule has 9 heteroatoms. The number of amides is 2. The van der Waals surface area contributed by atoms with Gasteiger partial charge in [-0.15, -0.1) is 0 Å². The fraction of sp³-hybridized carbons (Fsp3) is 0.333. The molecule has 184 valence electrons. The average Bonchev–Trinajstić information content (AvgIpc) is 3.50. The lowest BCUT2D eigenvalue weighted by Crippen LogP contribution is -2.43. The fourth-order valence-corrected chi connectivity index (χ4v) is 5.12. The van der Waals surface area contributed by atoms with Gasteiger partial charge in [0.05, 0.1) is 23.4 Å². The summed E-state index contributed by atoms with van der Waals surface area (Å²) >= 11 is 0. The number of aromatic amines is 1. The Labute approximate surface area is 207 Å². The van der Waals surface area contributed by atoms with Crippen LogP contribution in [-0.4, -0.2) is 53.4 Å². The second kappa shape index (κ2) is 8.60. The lowest BCUT2D eigenvalue weighted by atomic mass is 9.85. The Balaban J connectivity index is 1.38. The number of aromatic nitrogens is 2. The van der Waals surface area contributed by atoms with Crippen LogP contribution in [0.25, 0.3) is 11.6 Å². The standard InChI is InChI=1S/C27H27N5O4/c1-3-22(33)30-20-10-16(14-29-26(20)36-9-8-35-2)19-11-18-15(13-28-19)4-5-17-23-21(31-24(17)18)12-27(6-7-27)32-25(23)34/h3,10,12-14,31H,1,4-9,11H2,2H3,(H,30,33)(H,32,34). The molecule has 1 fully saturated rings. The molecule has 0 bridgehead atoms. The number of rotatable bonds is 7. The number of nitrogens with one attached hydrogen (secondary N) is 3. The van der Waals surface area contributed by atoms with Gasteiger partial charge in [-0.3, -0.25) is 14.6 Å². The maximum Gasteiger partial charge on any atom is 0.254 e. The normalized spacial score (nSPS) is 18.6. The number of hydrogen-bond acceptors (Lipinski definition) is 6. The van der Waals surface area contributed by atoms with Gasteiger partial charge in [-0.05, 0) is 60.6 Å². The number of nitrogens with zero attached hydrogens (tertiary/aromatic N) is 2. The summed E-state index contributed by atoms with van der Waals surface area (Å²) in [6.45, 7) is 4.22. The quantitative estimate of drug-likeness (QED) is 0.406. The maximum atomic E-state index is 12.9. The minimum atomic E-state index is -0.357. The second-order valence-electron chi connectivity index (χ2n) is 9.52. The molecule has 6 rings (SSSR count). The van der Waals surface area contributed by atoms with E-state index < -0.39 is 0 Å². The zero-order chi connectivity index (χ0) is 24.9. The first-order valence-corrected chi connectivity index (χ1v) is 12.1. The first-order chi connectivity index (χ1) is 17.5. The Kier molecular flexibility index (Phi) is 5.37. The van der Waals surface area contributed by atoms with E-state index >= 15 is 0 Å². The van der Waals surface area contributed by atoms with Crippen molar-refractivity contribution < 1.29 is 19.1 Å². The predicted molar refractivity (Wildman–Crippen MR) is 135 cm³/mol. The van der Waals surface area contributed by atoms with Gasteiger partial charge in [-0.25, -0.2) is 4.98 Å². The molecule has 2 aliphatic carbocycles. The lowest BCUT2D eigenvalue weighted by molar-refractivity contribution is -0.111. The molecule has 3 N–H and O–H groups in total. The molecule has 1 spiro atoms. The summed E-state index contributed by atoms with van der Waals surface area (Å²) in [5.41, 5.74) is 6.08. The number of H-pyrrole nitrogens is 1. The minimum Gasteiger partial charge on any atom is -0.474 e. The van der Waals surface area contributed by atoms with Crippen molar-refractivity contribution in [3.8, 4) is 5.88 Å². The number of aliphatic imine (C=N–C) groups is 1. The van der Waals surface area contributed by atoms with Crippen LogP contribution in [0.3, 0.4) is 0 Å². The van der Waals surface area contributed by atoms with E-state index in [1.165, 1.54) is 11.6 Å². The number of anilines is 1. The summed E-state index contributed by atoms with van der Waals surface area (Å²) in [7, 11) is 1.59. The van der Waals surface area contributed by atoms with Gasteiger partial charge in [0.1, 0.15) is 12.3 Å². The molecular formula is C27H27N5O4. The Hall–Kier alpha value is -3.98. The van der Waals surface area contributed by atoms with Crippen molar-refractivity contribution in [2.24, 2.45) is 4.99 Å². The van der Waals surface area contributed by atoms with Gasteiger partial charge < -0.3 is 25.1 Å².